The third kappa shape index (κ3) is 4.82. The Morgan fingerprint density at radius 3 is 2.43 bits per heavy atom. The van der Waals surface area contributed by atoms with Crippen LogP contribution >= 0.6 is 0 Å². The lowest BCUT2D eigenvalue weighted by atomic mass is 10.1. The Hall–Kier alpha value is -4.14. The van der Waals surface area contributed by atoms with Crippen molar-refractivity contribution in [2.24, 2.45) is 0 Å². The lowest BCUT2D eigenvalue weighted by Gasteiger charge is -2.18. The van der Waals surface area contributed by atoms with Crippen molar-refractivity contribution >= 4 is 23.4 Å². The maximum absolute atomic E-state index is 13.0. The van der Waals surface area contributed by atoms with Crippen molar-refractivity contribution in [3.8, 4) is 5.75 Å². The number of nitrogens with one attached hydrogen (secondary N) is 1. The van der Waals surface area contributed by atoms with E-state index in [9.17, 15) is 19.7 Å². The monoisotopic (exact) mass is 410 g/mol. The first-order valence-corrected chi connectivity index (χ1v) is 9.02. The highest BCUT2D eigenvalue weighted by molar-refractivity contribution is 5.98. The number of nitro groups is 1. The molecular weight excluding hydrogens is 392 g/mol. The molecule has 154 valence electrons. The van der Waals surface area contributed by atoms with Crippen LogP contribution in [0.15, 0.2) is 71.1 Å². The van der Waals surface area contributed by atoms with Gasteiger partial charge in [-0.05, 0) is 25.1 Å². The van der Waals surface area contributed by atoms with E-state index in [4.69, 9.17) is 13.9 Å². The average molecular weight is 410 g/mol. The first-order chi connectivity index (χ1) is 14.5. The Kier molecular flexibility index (Phi) is 6.43. The Labute approximate surface area is 171 Å². The SMILES string of the molecule is CCOc1ccccc1NC(=O)[C@@H](OC(=O)c1ccc([N+](=O)[O-])o1)c1ccccc1. The molecule has 3 rings (SSSR count). The summed E-state index contributed by atoms with van der Waals surface area (Å²) in [5.41, 5.74) is 0.827. The molecule has 0 unspecified atom stereocenters. The van der Waals surface area contributed by atoms with Crippen LogP contribution in [0.5, 0.6) is 5.75 Å². The molecule has 30 heavy (non-hydrogen) atoms. The highest BCUT2D eigenvalue weighted by atomic mass is 16.7. The summed E-state index contributed by atoms with van der Waals surface area (Å²) >= 11 is 0. The molecule has 1 aromatic heterocycles. The van der Waals surface area contributed by atoms with Gasteiger partial charge in [0.05, 0.1) is 18.4 Å². The predicted octanol–water partition coefficient (Wildman–Crippen LogP) is 4.12. The Morgan fingerprint density at radius 2 is 1.77 bits per heavy atom. The van der Waals surface area contributed by atoms with E-state index in [1.807, 2.05) is 6.92 Å². The van der Waals surface area contributed by atoms with Gasteiger partial charge in [-0.1, -0.05) is 42.5 Å². The summed E-state index contributed by atoms with van der Waals surface area (Å²) in [6, 6.07) is 17.4. The van der Waals surface area contributed by atoms with Gasteiger partial charge in [0.2, 0.25) is 11.9 Å². The zero-order valence-electron chi connectivity index (χ0n) is 15.9. The highest BCUT2D eigenvalue weighted by Crippen LogP contribution is 2.27. The highest BCUT2D eigenvalue weighted by Gasteiger charge is 2.28. The minimum atomic E-state index is -1.32. The minimum absolute atomic E-state index is 0.384. The molecule has 0 spiro atoms. The molecule has 0 bridgehead atoms. The number of nitrogens with zero attached hydrogens (tertiary/aromatic N) is 1. The van der Waals surface area contributed by atoms with Gasteiger partial charge in [0.25, 0.3) is 5.91 Å². The summed E-state index contributed by atoms with van der Waals surface area (Å²) in [6.07, 6.45) is -1.32. The van der Waals surface area contributed by atoms with Crippen molar-refractivity contribution in [1.29, 1.82) is 0 Å². The second-order valence-corrected chi connectivity index (χ2v) is 6.01. The molecule has 0 saturated carbocycles. The van der Waals surface area contributed by atoms with E-state index in [0.717, 1.165) is 12.1 Å². The van der Waals surface area contributed by atoms with Crippen molar-refractivity contribution in [3.05, 3.63) is 88.2 Å². The molecule has 3 aromatic rings. The number of rotatable bonds is 8. The lowest BCUT2D eigenvalue weighted by Crippen LogP contribution is -2.26. The summed E-state index contributed by atoms with van der Waals surface area (Å²) in [7, 11) is 0. The van der Waals surface area contributed by atoms with Crippen molar-refractivity contribution in [2.75, 3.05) is 11.9 Å². The molecule has 9 heteroatoms. The first kappa shape index (κ1) is 20.6. The van der Waals surface area contributed by atoms with Crippen LogP contribution in [0.25, 0.3) is 0 Å². The van der Waals surface area contributed by atoms with Crippen molar-refractivity contribution in [3.63, 3.8) is 0 Å². The molecule has 1 atom stereocenters. The van der Waals surface area contributed by atoms with E-state index in [0.29, 0.717) is 23.6 Å². The second-order valence-electron chi connectivity index (χ2n) is 6.01. The van der Waals surface area contributed by atoms with Gasteiger partial charge in [0, 0.05) is 5.56 Å². The fourth-order valence-corrected chi connectivity index (χ4v) is 2.65. The number of furan rings is 1. The summed E-state index contributed by atoms with van der Waals surface area (Å²) < 4.78 is 15.7. The lowest BCUT2D eigenvalue weighted by molar-refractivity contribution is -0.402. The third-order valence-electron chi connectivity index (χ3n) is 3.98. The number of anilines is 1. The molecule has 0 radical (unpaired) electrons. The number of hydrogen-bond donors (Lipinski definition) is 1. The number of ether oxygens (including phenoxy) is 2. The van der Waals surface area contributed by atoms with Crippen LogP contribution in [-0.2, 0) is 9.53 Å². The van der Waals surface area contributed by atoms with Gasteiger partial charge in [0.1, 0.15) is 10.7 Å². The third-order valence-corrected chi connectivity index (χ3v) is 3.98. The average Bonchev–Trinajstić information content (AvgIpc) is 3.25. The van der Waals surface area contributed by atoms with E-state index in [2.05, 4.69) is 5.32 Å². The van der Waals surface area contributed by atoms with E-state index in [1.165, 1.54) is 0 Å². The standard InChI is InChI=1S/C21H18N2O7/c1-2-28-16-11-7-6-10-15(16)22-20(24)19(14-8-4-3-5-9-14)30-21(25)17-12-13-18(29-17)23(26)27/h3-13,19H,2H2,1H3,(H,22,24)/t19-/m0/s1. The topological polar surface area (TPSA) is 121 Å². The molecule has 0 fully saturated rings. The maximum atomic E-state index is 13.0. The second kappa shape index (κ2) is 9.37. The van der Waals surface area contributed by atoms with Crippen LogP contribution in [0, 0.1) is 10.1 Å². The summed E-state index contributed by atoms with van der Waals surface area (Å²) in [5, 5.41) is 13.5. The van der Waals surface area contributed by atoms with Crippen LogP contribution in [0.3, 0.4) is 0 Å². The summed E-state index contributed by atoms with van der Waals surface area (Å²) in [6.45, 7) is 2.22. The van der Waals surface area contributed by atoms with E-state index in [1.54, 1.807) is 54.6 Å². The Balaban J connectivity index is 1.85. The number of carbonyl (C=O) groups is 2. The largest absolute Gasteiger partial charge is 0.492 e. The van der Waals surface area contributed by atoms with Gasteiger partial charge in [-0.25, -0.2) is 4.79 Å². The fourth-order valence-electron chi connectivity index (χ4n) is 2.65. The normalized spacial score (nSPS) is 11.4. The molecule has 9 nitrogen and oxygen atoms in total. The van der Waals surface area contributed by atoms with Gasteiger partial charge < -0.3 is 19.2 Å². The van der Waals surface area contributed by atoms with E-state index >= 15 is 0 Å². The van der Waals surface area contributed by atoms with Crippen LogP contribution < -0.4 is 10.1 Å². The molecule has 1 N–H and O–H groups in total. The van der Waals surface area contributed by atoms with Crippen molar-refractivity contribution < 1.29 is 28.4 Å². The van der Waals surface area contributed by atoms with E-state index in [-0.39, 0.29) is 5.76 Å². The molecule has 0 saturated heterocycles. The van der Waals surface area contributed by atoms with Gasteiger partial charge in [-0.2, -0.15) is 0 Å². The number of carbonyl (C=O) groups excluding carboxylic acids is 2. The number of amides is 1. The zero-order chi connectivity index (χ0) is 21.5. The zero-order valence-corrected chi connectivity index (χ0v) is 15.9. The number of benzene rings is 2. The van der Waals surface area contributed by atoms with Crippen LogP contribution in [0.4, 0.5) is 11.6 Å². The van der Waals surface area contributed by atoms with Gasteiger partial charge >= 0.3 is 11.9 Å². The number of esters is 1. The molecule has 2 aromatic carbocycles. The maximum Gasteiger partial charge on any atom is 0.433 e. The smallest absolute Gasteiger partial charge is 0.433 e. The first-order valence-electron chi connectivity index (χ1n) is 9.02. The summed E-state index contributed by atoms with van der Waals surface area (Å²) in [5.74, 6) is -2.15. The van der Waals surface area contributed by atoms with E-state index < -0.39 is 28.8 Å². The van der Waals surface area contributed by atoms with Crippen LogP contribution in [-0.4, -0.2) is 23.4 Å². The molecule has 0 aliphatic rings. The molecular formula is C21H18N2O7. The number of para-hydroxylation sites is 2. The van der Waals surface area contributed by atoms with Gasteiger partial charge in [-0.3, -0.25) is 14.9 Å². The fraction of sp³-hybridized carbons (Fsp3) is 0.143. The summed E-state index contributed by atoms with van der Waals surface area (Å²) in [4.78, 5) is 35.4. The molecule has 1 amide bonds. The molecule has 1 heterocycles. The van der Waals surface area contributed by atoms with Crippen molar-refractivity contribution in [1.82, 2.24) is 0 Å². The van der Waals surface area contributed by atoms with Crippen LogP contribution in [0.1, 0.15) is 29.1 Å². The number of hydrogen-bond acceptors (Lipinski definition) is 7. The molecule has 0 aliphatic carbocycles. The van der Waals surface area contributed by atoms with Crippen molar-refractivity contribution in [2.45, 2.75) is 13.0 Å². The van der Waals surface area contributed by atoms with Gasteiger partial charge in [-0.15, -0.1) is 0 Å². The van der Waals surface area contributed by atoms with Gasteiger partial charge in [0.15, 0.2) is 0 Å². The predicted molar refractivity (Wildman–Crippen MR) is 106 cm³/mol. The molecule has 0 aliphatic heterocycles. The quantitative estimate of drug-likeness (QED) is 0.337. The Bertz CT molecular complexity index is 1050. The van der Waals surface area contributed by atoms with Crippen LogP contribution in [0.2, 0.25) is 0 Å². The Morgan fingerprint density at radius 1 is 1.07 bits per heavy atom. The minimum Gasteiger partial charge on any atom is -0.492 e.